The van der Waals surface area contributed by atoms with Crippen LogP contribution in [0.3, 0.4) is 0 Å². The van der Waals surface area contributed by atoms with Crippen LogP contribution in [0.1, 0.15) is 37.7 Å². The lowest BCUT2D eigenvalue weighted by atomic mass is 9.97. The van der Waals surface area contributed by atoms with E-state index in [1.807, 2.05) is 31.2 Å². The number of carbonyl (C=O) groups excluding carboxylic acids is 1. The summed E-state index contributed by atoms with van der Waals surface area (Å²) >= 11 is 0. The van der Waals surface area contributed by atoms with Crippen molar-refractivity contribution in [3.05, 3.63) is 29.8 Å². The van der Waals surface area contributed by atoms with E-state index in [1.165, 1.54) is 0 Å². The largest absolute Gasteiger partial charge is 0.494 e. The number of Topliss-reactive ketones (excluding diaryl/α,β-unsaturated/α-hetero) is 1. The highest BCUT2D eigenvalue weighted by Crippen LogP contribution is 2.31. The highest BCUT2D eigenvalue weighted by Gasteiger charge is 2.25. The van der Waals surface area contributed by atoms with E-state index in [9.17, 15) is 4.79 Å². The van der Waals surface area contributed by atoms with Crippen molar-refractivity contribution in [2.75, 3.05) is 6.61 Å². The van der Waals surface area contributed by atoms with Crippen LogP contribution in [0.5, 0.6) is 5.75 Å². The smallest absolute Gasteiger partial charge is 0.140 e. The molecule has 2 rings (SSSR count). The number of hydrogen-bond acceptors (Lipinski definition) is 2. The van der Waals surface area contributed by atoms with Gasteiger partial charge in [0, 0.05) is 12.3 Å². The molecule has 0 spiro atoms. The maximum atomic E-state index is 11.6. The lowest BCUT2D eigenvalue weighted by molar-refractivity contribution is -0.118. The second-order valence-corrected chi connectivity index (χ2v) is 3.91. The number of rotatable bonds is 3. The van der Waals surface area contributed by atoms with Gasteiger partial charge in [-0.25, -0.2) is 0 Å². The highest BCUT2D eigenvalue weighted by atomic mass is 16.5. The van der Waals surface area contributed by atoms with Gasteiger partial charge in [-0.05, 0) is 37.5 Å². The molecular weight excluding hydrogens is 188 g/mol. The van der Waals surface area contributed by atoms with Crippen LogP contribution in [-0.4, -0.2) is 12.4 Å². The summed E-state index contributed by atoms with van der Waals surface area (Å²) in [6, 6.07) is 7.92. The van der Waals surface area contributed by atoms with E-state index in [-0.39, 0.29) is 5.92 Å². The Morgan fingerprint density at radius 3 is 2.60 bits per heavy atom. The lowest BCUT2D eigenvalue weighted by Crippen LogP contribution is -2.03. The molecule has 0 amide bonds. The molecule has 0 saturated heterocycles. The van der Waals surface area contributed by atoms with Crippen molar-refractivity contribution in [2.45, 2.75) is 32.1 Å². The second-order valence-electron chi connectivity index (χ2n) is 3.91. The van der Waals surface area contributed by atoms with E-state index in [4.69, 9.17) is 4.74 Å². The third-order valence-electron chi connectivity index (χ3n) is 2.90. The quantitative estimate of drug-likeness (QED) is 0.756. The molecule has 0 heterocycles. The maximum absolute atomic E-state index is 11.6. The minimum Gasteiger partial charge on any atom is -0.494 e. The van der Waals surface area contributed by atoms with Crippen LogP contribution in [0, 0.1) is 0 Å². The zero-order valence-electron chi connectivity index (χ0n) is 9.03. The van der Waals surface area contributed by atoms with Gasteiger partial charge in [-0.15, -0.1) is 0 Å². The Morgan fingerprint density at radius 2 is 2.07 bits per heavy atom. The average molecular weight is 204 g/mol. The molecule has 1 aliphatic rings. The monoisotopic (exact) mass is 204 g/mol. The normalized spacial score (nSPS) is 20.6. The van der Waals surface area contributed by atoms with Gasteiger partial charge in [0.05, 0.1) is 6.61 Å². The average Bonchev–Trinajstić information content (AvgIpc) is 2.66. The summed E-state index contributed by atoms with van der Waals surface area (Å²) in [5.41, 5.74) is 1.14. The van der Waals surface area contributed by atoms with Gasteiger partial charge in [0.25, 0.3) is 0 Å². The van der Waals surface area contributed by atoms with Crippen LogP contribution >= 0.6 is 0 Å². The van der Waals surface area contributed by atoms with Crippen LogP contribution in [-0.2, 0) is 4.79 Å². The van der Waals surface area contributed by atoms with Gasteiger partial charge < -0.3 is 4.74 Å². The fraction of sp³-hybridized carbons (Fsp3) is 0.462. The molecule has 2 heteroatoms. The van der Waals surface area contributed by atoms with E-state index in [1.54, 1.807) is 0 Å². The molecule has 1 aromatic carbocycles. The Kier molecular flexibility index (Phi) is 3.05. The van der Waals surface area contributed by atoms with Gasteiger partial charge >= 0.3 is 0 Å². The van der Waals surface area contributed by atoms with Gasteiger partial charge in [-0.3, -0.25) is 4.79 Å². The summed E-state index contributed by atoms with van der Waals surface area (Å²) in [6.45, 7) is 2.65. The summed E-state index contributed by atoms with van der Waals surface area (Å²) in [7, 11) is 0. The van der Waals surface area contributed by atoms with E-state index in [0.717, 1.165) is 30.6 Å². The first kappa shape index (κ1) is 10.2. The first-order valence-electron chi connectivity index (χ1n) is 5.56. The van der Waals surface area contributed by atoms with Crippen LogP contribution < -0.4 is 4.74 Å². The Bertz CT molecular complexity index is 340. The Balaban J connectivity index is 2.12. The molecule has 0 aliphatic heterocycles. The lowest BCUT2D eigenvalue weighted by Gasteiger charge is -2.09. The molecule has 1 fully saturated rings. The number of hydrogen-bond donors (Lipinski definition) is 0. The molecule has 0 N–H and O–H groups in total. The first-order chi connectivity index (χ1) is 7.31. The Labute approximate surface area is 90.3 Å². The molecule has 1 aliphatic carbocycles. The molecule has 0 radical (unpaired) electrons. The van der Waals surface area contributed by atoms with Gasteiger partial charge in [-0.2, -0.15) is 0 Å². The Morgan fingerprint density at radius 1 is 1.33 bits per heavy atom. The van der Waals surface area contributed by atoms with E-state index in [2.05, 4.69) is 0 Å². The standard InChI is InChI=1S/C13H16O2/c1-2-15-11-8-6-10(7-9-11)12-4-3-5-13(12)14/h6-9,12H,2-5H2,1H3. The topological polar surface area (TPSA) is 26.3 Å². The molecule has 1 saturated carbocycles. The molecule has 2 nitrogen and oxygen atoms in total. The third kappa shape index (κ3) is 2.20. The molecule has 0 bridgehead atoms. The summed E-state index contributed by atoms with van der Waals surface area (Å²) < 4.78 is 5.37. The minimum absolute atomic E-state index is 0.140. The van der Waals surface area contributed by atoms with Crippen molar-refractivity contribution in [3.8, 4) is 5.75 Å². The molecule has 1 atom stereocenters. The van der Waals surface area contributed by atoms with Crippen LogP contribution in [0.4, 0.5) is 0 Å². The van der Waals surface area contributed by atoms with Crippen LogP contribution in [0.15, 0.2) is 24.3 Å². The predicted octanol–water partition coefficient (Wildman–Crippen LogP) is 2.92. The fourth-order valence-electron chi connectivity index (χ4n) is 2.13. The number of carbonyl (C=O) groups is 1. The van der Waals surface area contributed by atoms with Crippen molar-refractivity contribution >= 4 is 5.78 Å². The number of ketones is 1. The number of benzene rings is 1. The summed E-state index contributed by atoms with van der Waals surface area (Å²) in [5, 5.41) is 0. The maximum Gasteiger partial charge on any atom is 0.140 e. The third-order valence-corrected chi connectivity index (χ3v) is 2.90. The predicted molar refractivity (Wildman–Crippen MR) is 59.2 cm³/mol. The molecule has 0 aromatic heterocycles. The van der Waals surface area contributed by atoms with Gasteiger partial charge in [0.1, 0.15) is 11.5 Å². The van der Waals surface area contributed by atoms with Crippen molar-refractivity contribution < 1.29 is 9.53 Å². The molecule has 1 aromatic rings. The van der Waals surface area contributed by atoms with E-state index in [0.29, 0.717) is 12.4 Å². The van der Waals surface area contributed by atoms with Gasteiger partial charge in [0.15, 0.2) is 0 Å². The number of ether oxygens (including phenoxy) is 1. The minimum atomic E-state index is 0.140. The van der Waals surface area contributed by atoms with Gasteiger partial charge in [0.2, 0.25) is 0 Å². The second kappa shape index (κ2) is 4.47. The first-order valence-corrected chi connectivity index (χ1v) is 5.56. The zero-order chi connectivity index (χ0) is 10.7. The van der Waals surface area contributed by atoms with Gasteiger partial charge in [-0.1, -0.05) is 12.1 Å². The molecular formula is C13H16O2. The van der Waals surface area contributed by atoms with Crippen LogP contribution in [0.2, 0.25) is 0 Å². The highest BCUT2D eigenvalue weighted by molar-refractivity contribution is 5.87. The molecule has 1 unspecified atom stereocenters. The summed E-state index contributed by atoms with van der Waals surface area (Å²) in [5.74, 6) is 1.41. The molecule has 15 heavy (non-hydrogen) atoms. The van der Waals surface area contributed by atoms with Crippen molar-refractivity contribution in [2.24, 2.45) is 0 Å². The summed E-state index contributed by atoms with van der Waals surface area (Å²) in [6.07, 6.45) is 2.79. The van der Waals surface area contributed by atoms with Crippen molar-refractivity contribution in [3.63, 3.8) is 0 Å². The fourth-order valence-corrected chi connectivity index (χ4v) is 2.13. The summed E-state index contributed by atoms with van der Waals surface area (Å²) in [4.78, 5) is 11.6. The van der Waals surface area contributed by atoms with Crippen molar-refractivity contribution in [1.29, 1.82) is 0 Å². The van der Waals surface area contributed by atoms with Crippen molar-refractivity contribution in [1.82, 2.24) is 0 Å². The van der Waals surface area contributed by atoms with Crippen LogP contribution in [0.25, 0.3) is 0 Å². The Hall–Kier alpha value is -1.31. The van der Waals surface area contributed by atoms with E-state index >= 15 is 0 Å². The molecule has 80 valence electrons. The van der Waals surface area contributed by atoms with E-state index < -0.39 is 0 Å². The SMILES string of the molecule is CCOc1ccc(C2CCCC2=O)cc1. The zero-order valence-corrected chi connectivity index (χ0v) is 9.03.